The molecule has 4 rings (SSSR count). The number of pyridine rings is 1. The second-order valence-corrected chi connectivity index (χ2v) is 7.08. The van der Waals surface area contributed by atoms with Gasteiger partial charge in [0.15, 0.2) is 18.1 Å². The number of benzene rings is 2. The summed E-state index contributed by atoms with van der Waals surface area (Å²) in [4.78, 5) is 24.6. The minimum absolute atomic E-state index is 0.207. The van der Waals surface area contributed by atoms with Crippen LogP contribution in [0.15, 0.2) is 79.1 Å². The molecule has 0 aliphatic heterocycles. The Morgan fingerprint density at radius 2 is 1.70 bits per heavy atom. The van der Waals surface area contributed by atoms with E-state index in [2.05, 4.69) is 10.4 Å². The number of rotatable bonds is 9. The maximum absolute atomic E-state index is 12.5. The summed E-state index contributed by atoms with van der Waals surface area (Å²) in [5, 5.41) is 6.90. The van der Waals surface area contributed by atoms with Crippen LogP contribution in [0.5, 0.6) is 11.5 Å². The molecule has 0 saturated heterocycles. The van der Waals surface area contributed by atoms with Crippen molar-refractivity contribution in [1.82, 2.24) is 9.61 Å². The number of carbonyl (C=O) groups excluding carboxylic acids is 2. The molecule has 2 heterocycles. The van der Waals surface area contributed by atoms with E-state index < -0.39 is 5.97 Å². The van der Waals surface area contributed by atoms with E-state index in [1.807, 2.05) is 42.5 Å². The summed E-state index contributed by atoms with van der Waals surface area (Å²) in [6.45, 7) is 2.18. The normalized spacial score (nSPS) is 10.6. The molecular formula is C25H23N3O5. The number of hydrogen-bond acceptors (Lipinski definition) is 6. The molecule has 0 aliphatic carbocycles. The Kier molecular flexibility index (Phi) is 6.84. The fraction of sp³-hybridized carbons (Fsp3) is 0.160. The molecule has 2 aromatic carbocycles. The highest BCUT2D eigenvalue weighted by atomic mass is 16.5. The van der Waals surface area contributed by atoms with Gasteiger partial charge in [-0.15, -0.1) is 0 Å². The Morgan fingerprint density at radius 1 is 0.970 bits per heavy atom. The number of fused-ring (bicyclic) bond motifs is 1. The molecule has 0 radical (unpaired) electrons. The van der Waals surface area contributed by atoms with Crippen molar-refractivity contribution in [2.24, 2.45) is 0 Å². The lowest BCUT2D eigenvalue weighted by atomic mass is 10.2. The number of esters is 1. The van der Waals surface area contributed by atoms with Crippen LogP contribution in [0.4, 0.5) is 5.69 Å². The van der Waals surface area contributed by atoms with Gasteiger partial charge in [-0.05, 0) is 36.8 Å². The molecule has 8 nitrogen and oxygen atoms in total. The van der Waals surface area contributed by atoms with Crippen molar-refractivity contribution in [3.63, 3.8) is 0 Å². The first-order valence-electron chi connectivity index (χ1n) is 10.5. The lowest BCUT2D eigenvalue weighted by Gasteiger charge is -2.13. The van der Waals surface area contributed by atoms with E-state index in [-0.39, 0.29) is 19.1 Å². The van der Waals surface area contributed by atoms with Crippen LogP contribution >= 0.6 is 0 Å². The van der Waals surface area contributed by atoms with Crippen LogP contribution < -0.4 is 14.8 Å². The molecule has 0 saturated carbocycles. The molecule has 1 N–H and O–H groups in total. The average molecular weight is 445 g/mol. The number of carbonyl (C=O) groups is 2. The molecule has 4 aromatic rings. The zero-order valence-corrected chi connectivity index (χ0v) is 18.1. The Balaban J connectivity index is 1.38. The fourth-order valence-electron chi connectivity index (χ4n) is 3.19. The standard InChI is InChI=1S/C25H23N3O5/c1-2-31-25(30)20-15-26-28-13-12-19(14-21(20)28)27-24(29)17-33-23-11-7-6-10-22(23)32-16-18-8-4-3-5-9-18/h3-15H,2,16-17H2,1H3,(H,27,29). The van der Waals surface area contributed by atoms with Crippen molar-refractivity contribution >= 4 is 23.1 Å². The first-order chi connectivity index (χ1) is 16.1. The van der Waals surface area contributed by atoms with E-state index in [1.54, 1.807) is 41.9 Å². The molecule has 0 bridgehead atoms. The smallest absolute Gasteiger partial charge is 0.341 e. The van der Waals surface area contributed by atoms with E-state index >= 15 is 0 Å². The molecular weight excluding hydrogens is 422 g/mol. The van der Waals surface area contributed by atoms with Crippen molar-refractivity contribution < 1.29 is 23.8 Å². The van der Waals surface area contributed by atoms with Crippen LogP contribution in [-0.4, -0.2) is 34.7 Å². The van der Waals surface area contributed by atoms with E-state index in [1.165, 1.54) is 6.20 Å². The number of amides is 1. The molecule has 0 unspecified atom stereocenters. The zero-order chi connectivity index (χ0) is 23.0. The van der Waals surface area contributed by atoms with Gasteiger partial charge < -0.3 is 19.5 Å². The summed E-state index contributed by atoms with van der Waals surface area (Å²) in [6, 6.07) is 20.3. The van der Waals surface area contributed by atoms with Crippen LogP contribution in [0.3, 0.4) is 0 Å². The Labute approximate surface area is 190 Å². The maximum atomic E-state index is 12.5. The predicted molar refractivity (Wildman–Crippen MR) is 122 cm³/mol. The first kappa shape index (κ1) is 21.9. The number of para-hydroxylation sites is 2. The highest BCUT2D eigenvalue weighted by Gasteiger charge is 2.15. The van der Waals surface area contributed by atoms with Crippen molar-refractivity contribution in [1.29, 1.82) is 0 Å². The number of nitrogens with zero attached hydrogens (tertiary/aromatic N) is 2. The molecule has 0 fully saturated rings. The summed E-state index contributed by atoms with van der Waals surface area (Å²) >= 11 is 0. The van der Waals surface area contributed by atoms with Gasteiger partial charge in [0.25, 0.3) is 5.91 Å². The first-order valence-corrected chi connectivity index (χ1v) is 10.5. The van der Waals surface area contributed by atoms with Crippen LogP contribution in [0, 0.1) is 0 Å². The van der Waals surface area contributed by atoms with E-state index in [0.717, 1.165) is 5.56 Å². The van der Waals surface area contributed by atoms with E-state index in [0.29, 0.717) is 34.9 Å². The van der Waals surface area contributed by atoms with Crippen molar-refractivity contribution in [2.45, 2.75) is 13.5 Å². The predicted octanol–water partition coefficient (Wildman–Crippen LogP) is 4.11. The molecule has 168 valence electrons. The van der Waals surface area contributed by atoms with E-state index in [9.17, 15) is 9.59 Å². The second-order valence-electron chi connectivity index (χ2n) is 7.08. The van der Waals surface area contributed by atoms with Crippen LogP contribution in [0.2, 0.25) is 0 Å². The van der Waals surface area contributed by atoms with Crippen LogP contribution in [-0.2, 0) is 16.1 Å². The molecule has 8 heteroatoms. The summed E-state index contributed by atoms with van der Waals surface area (Å²) < 4.78 is 18.1. The van der Waals surface area contributed by atoms with Crippen molar-refractivity contribution in [2.75, 3.05) is 18.5 Å². The summed E-state index contributed by atoms with van der Waals surface area (Å²) in [6.07, 6.45) is 3.09. The van der Waals surface area contributed by atoms with Gasteiger partial charge in [0.1, 0.15) is 12.2 Å². The third-order valence-electron chi connectivity index (χ3n) is 4.75. The number of ether oxygens (including phenoxy) is 3. The van der Waals surface area contributed by atoms with Gasteiger partial charge in [-0.3, -0.25) is 4.79 Å². The second kappa shape index (κ2) is 10.3. The quantitative estimate of drug-likeness (QED) is 0.390. The SMILES string of the molecule is CCOC(=O)c1cnn2ccc(NC(=O)COc3ccccc3OCc3ccccc3)cc12. The summed E-state index contributed by atoms with van der Waals surface area (Å²) in [7, 11) is 0. The third-order valence-corrected chi connectivity index (χ3v) is 4.75. The third kappa shape index (κ3) is 5.48. The Bertz CT molecular complexity index is 1250. The largest absolute Gasteiger partial charge is 0.485 e. The van der Waals surface area contributed by atoms with Crippen LogP contribution in [0.1, 0.15) is 22.8 Å². The van der Waals surface area contributed by atoms with Gasteiger partial charge in [0.2, 0.25) is 0 Å². The molecule has 33 heavy (non-hydrogen) atoms. The van der Waals surface area contributed by atoms with Gasteiger partial charge in [-0.1, -0.05) is 42.5 Å². The average Bonchev–Trinajstić information content (AvgIpc) is 3.26. The zero-order valence-electron chi connectivity index (χ0n) is 18.1. The Hall–Kier alpha value is -4.33. The van der Waals surface area contributed by atoms with E-state index in [4.69, 9.17) is 14.2 Å². The Morgan fingerprint density at radius 3 is 2.45 bits per heavy atom. The maximum Gasteiger partial charge on any atom is 0.341 e. The van der Waals surface area contributed by atoms with Gasteiger partial charge in [-0.2, -0.15) is 5.10 Å². The number of anilines is 1. The number of nitrogens with one attached hydrogen (secondary N) is 1. The van der Waals surface area contributed by atoms with Crippen molar-refractivity contribution in [3.8, 4) is 11.5 Å². The van der Waals surface area contributed by atoms with Gasteiger partial charge in [-0.25, -0.2) is 9.31 Å². The van der Waals surface area contributed by atoms with Gasteiger partial charge in [0, 0.05) is 11.9 Å². The molecule has 0 aliphatic rings. The minimum atomic E-state index is -0.466. The van der Waals surface area contributed by atoms with Crippen molar-refractivity contribution in [3.05, 3.63) is 90.3 Å². The topological polar surface area (TPSA) is 91.2 Å². The molecule has 0 spiro atoms. The highest BCUT2D eigenvalue weighted by Crippen LogP contribution is 2.27. The summed E-state index contributed by atoms with van der Waals surface area (Å²) in [5.41, 5.74) is 2.40. The lowest BCUT2D eigenvalue weighted by molar-refractivity contribution is -0.118. The fourth-order valence-corrected chi connectivity index (χ4v) is 3.19. The molecule has 2 aromatic heterocycles. The van der Waals surface area contributed by atoms with Gasteiger partial charge >= 0.3 is 5.97 Å². The monoisotopic (exact) mass is 445 g/mol. The highest BCUT2D eigenvalue weighted by molar-refractivity contribution is 5.98. The minimum Gasteiger partial charge on any atom is -0.485 e. The van der Waals surface area contributed by atoms with Crippen LogP contribution in [0.25, 0.3) is 5.52 Å². The number of aromatic nitrogens is 2. The van der Waals surface area contributed by atoms with Gasteiger partial charge in [0.05, 0.1) is 18.3 Å². The lowest BCUT2D eigenvalue weighted by Crippen LogP contribution is -2.20. The molecule has 0 atom stereocenters. The number of hydrogen-bond donors (Lipinski definition) is 1. The summed E-state index contributed by atoms with van der Waals surface area (Å²) in [5.74, 6) is 0.203. The molecule has 1 amide bonds.